The predicted octanol–water partition coefficient (Wildman–Crippen LogP) is 1.86. The van der Waals surface area contributed by atoms with Gasteiger partial charge in [0.1, 0.15) is 5.92 Å². The van der Waals surface area contributed by atoms with E-state index in [1.165, 1.54) is 0 Å². The second kappa shape index (κ2) is 7.70. The van der Waals surface area contributed by atoms with E-state index in [2.05, 4.69) is 11.9 Å². The molecular formula is C19H22N2O5. The van der Waals surface area contributed by atoms with E-state index in [9.17, 15) is 19.5 Å². The lowest BCUT2D eigenvalue weighted by atomic mass is 9.87. The summed E-state index contributed by atoms with van der Waals surface area (Å²) >= 11 is 0. The first-order valence-corrected chi connectivity index (χ1v) is 8.66. The van der Waals surface area contributed by atoms with E-state index >= 15 is 0 Å². The minimum absolute atomic E-state index is 0.136. The van der Waals surface area contributed by atoms with Gasteiger partial charge in [-0.25, -0.2) is 0 Å². The minimum Gasteiger partial charge on any atom is -0.481 e. The average molecular weight is 358 g/mol. The molecule has 0 aromatic heterocycles. The van der Waals surface area contributed by atoms with Crippen LogP contribution in [0.4, 0.5) is 5.69 Å². The molecule has 1 aromatic carbocycles. The van der Waals surface area contributed by atoms with E-state index in [4.69, 9.17) is 4.74 Å². The number of hydrogen-bond acceptors (Lipinski definition) is 4. The van der Waals surface area contributed by atoms with Gasteiger partial charge in [-0.1, -0.05) is 6.58 Å². The van der Waals surface area contributed by atoms with Crippen LogP contribution in [0, 0.1) is 5.92 Å². The number of nitrogens with zero attached hydrogens (tertiary/aromatic N) is 1. The lowest BCUT2D eigenvalue weighted by Crippen LogP contribution is -2.45. The molecule has 2 heterocycles. The van der Waals surface area contributed by atoms with E-state index in [0.717, 1.165) is 18.9 Å². The highest BCUT2D eigenvalue weighted by molar-refractivity contribution is 6.02. The lowest BCUT2D eigenvalue weighted by Gasteiger charge is -2.36. The minimum atomic E-state index is -0.983. The second-order valence-electron chi connectivity index (χ2n) is 6.65. The smallest absolute Gasteiger partial charge is 0.312 e. The monoisotopic (exact) mass is 358 g/mol. The predicted molar refractivity (Wildman–Crippen MR) is 95.1 cm³/mol. The number of benzene rings is 1. The number of aliphatic carboxylic acids is 1. The summed E-state index contributed by atoms with van der Waals surface area (Å²) < 4.78 is 5.35. The molecule has 7 heteroatoms. The summed E-state index contributed by atoms with van der Waals surface area (Å²) in [6.45, 7) is 5.42. The molecule has 2 aliphatic rings. The maximum atomic E-state index is 12.8. The van der Waals surface area contributed by atoms with Crippen LogP contribution in [-0.2, 0) is 14.3 Å². The Hall–Kier alpha value is -2.67. The van der Waals surface area contributed by atoms with Crippen molar-refractivity contribution in [3.63, 3.8) is 0 Å². The molecule has 0 spiro atoms. The van der Waals surface area contributed by atoms with Gasteiger partial charge < -0.3 is 20.1 Å². The third-order valence-electron chi connectivity index (χ3n) is 4.92. The number of carbonyl (C=O) groups excluding carboxylic acids is 2. The Morgan fingerprint density at radius 1 is 1.35 bits per heavy atom. The summed E-state index contributed by atoms with van der Waals surface area (Å²) in [7, 11) is 0. The summed E-state index contributed by atoms with van der Waals surface area (Å²) in [6, 6.07) is 4.76. The van der Waals surface area contributed by atoms with Crippen LogP contribution < -0.4 is 5.32 Å². The first kappa shape index (κ1) is 18.1. The van der Waals surface area contributed by atoms with Crippen molar-refractivity contribution in [3.8, 4) is 0 Å². The molecule has 1 atom stereocenters. The van der Waals surface area contributed by atoms with Gasteiger partial charge in [0.05, 0.1) is 0 Å². The lowest BCUT2D eigenvalue weighted by molar-refractivity contribution is -0.139. The van der Waals surface area contributed by atoms with E-state index in [-0.39, 0.29) is 18.4 Å². The summed E-state index contributed by atoms with van der Waals surface area (Å²) in [6.07, 6.45) is 2.89. The first-order valence-electron chi connectivity index (χ1n) is 8.66. The van der Waals surface area contributed by atoms with Crippen molar-refractivity contribution >= 4 is 23.5 Å². The number of anilines is 1. The molecule has 2 N–H and O–H groups in total. The maximum absolute atomic E-state index is 12.8. The van der Waals surface area contributed by atoms with Gasteiger partial charge in [-0.05, 0) is 48.6 Å². The number of carboxylic acids is 1. The van der Waals surface area contributed by atoms with Crippen LogP contribution in [0.3, 0.4) is 0 Å². The Labute approximate surface area is 151 Å². The number of hydrogen-bond donors (Lipinski definition) is 2. The highest BCUT2D eigenvalue weighted by Crippen LogP contribution is 2.32. The molecule has 2 aliphatic heterocycles. The van der Waals surface area contributed by atoms with Gasteiger partial charge in [-0.2, -0.15) is 0 Å². The second-order valence-corrected chi connectivity index (χ2v) is 6.65. The zero-order valence-electron chi connectivity index (χ0n) is 14.4. The Morgan fingerprint density at radius 3 is 2.73 bits per heavy atom. The van der Waals surface area contributed by atoms with Crippen molar-refractivity contribution in [1.82, 2.24) is 4.90 Å². The summed E-state index contributed by atoms with van der Waals surface area (Å²) in [5.41, 5.74) is 1.27. The largest absolute Gasteiger partial charge is 0.481 e. The highest BCUT2D eigenvalue weighted by atomic mass is 16.5. The molecule has 7 nitrogen and oxygen atoms in total. The van der Waals surface area contributed by atoms with Gasteiger partial charge in [0.15, 0.2) is 0 Å². The number of nitrogens with one attached hydrogen (secondary N) is 1. The Balaban J connectivity index is 1.86. The Bertz CT molecular complexity index is 739. The van der Waals surface area contributed by atoms with E-state index in [0.29, 0.717) is 42.5 Å². The van der Waals surface area contributed by atoms with Crippen LogP contribution in [0.15, 0.2) is 30.9 Å². The van der Waals surface area contributed by atoms with Crippen molar-refractivity contribution in [2.45, 2.75) is 18.8 Å². The fourth-order valence-corrected chi connectivity index (χ4v) is 3.50. The quantitative estimate of drug-likeness (QED) is 0.783. The van der Waals surface area contributed by atoms with Crippen LogP contribution >= 0.6 is 0 Å². The topological polar surface area (TPSA) is 95.9 Å². The average Bonchev–Trinajstić information content (AvgIpc) is 2.64. The summed E-state index contributed by atoms with van der Waals surface area (Å²) in [5, 5.41) is 12.3. The fraction of sp³-hybridized carbons (Fsp3) is 0.421. The zero-order chi connectivity index (χ0) is 18.7. The normalized spacial score (nSPS) is 20.4. The molecule has 0 saturated carbocycles. The number of carbonyl (C=O) groups is 3. The van der Waals surface area contributed by atoms with Crippen LogP contribution in [-0.4, -0.2) is 54.1 Å². The third-order valence-corrected chi connectivity index (χ3v) is 4.92. The molecule has 0 unspecified atom stereocenters. The SMILES string of the molecule is C=CC(=O)Nc1ccc2c(c1)[C@@H](C(=O)O)CN(CC1CCOCC1)C2=O. The van der Waals surface area contributed by atoms with Crippen molar-refractivity contribution < 1.29 is 24.2 Å². The van der Waals surface area contributed by atoms with Crippen LogP contribution in [0.1, 0.15) is 34.7 Å². The van der Waals surface area contributed by atoms with Gasteiger partial charge in [0, 0.05) is 37.6 Å². The van der Waals surface area contributed by atoms with Gasteiger partial charge >= 0.3 is 5.97 Å². The number of rotatable bonds is 5. The van der Waals surface area contributed by atoms with Crippen LogP contribution in [0.2, 0.25) is 0 Å². The summed E-state index contributed by atoms with van der Waals surface area (Å²) in [5.74, 6) is -2.02. The first-order chi connectivity index (χ1) is 12.5. The molecule has 1 saturated heterocycles. The van der Waals surface area contributed by atoms with Crippen molar-refractivity contribution in [1.29, 1.82) is 0 Å². The van der Waals surface area contributed by atoms with Crippen molar-refractivity contribution in [2.75, 3.05) is 31.6 Å². The third kappa shape index (κ3) is 3.77. The molecule has 1 aromatic rings. The standard InChI is InChI=1S/C19H22N2O5/c1-2-17(22)20-13-3-4-14-15(9-13)16(19(24)25)11-21(18(14)23)10-12-5-7-26-8-6-12/h2-4,9,12,16H,1,5-8,10-11H2,(H,20,22)(H,24,25)/t16-/m0/s1. The number of carboxylic acid groups (broad SMARTS) is 1. The van der Waals surface area contributed by atoms with Gasteiger partial charge in [-0.15, -0.1) is 0 Å². The summed E-state index contributed by atoms with van der Waals surface area (Å²) in [4.78, 5) is 37.7. The van der Waals surface area contributed by atoms with Crippen LogP contribution in [0.25, 0.3) is 0 Å². The van der Waals surface area contributed by atoms with E-state index < -0.39 is 11.9 Å². The molecule has 26 heavy (non-hydrogen) atoms. The molecular weight excluding hydrogens is 336 g/mol. The molecule has 0 aliphatic carbocycles. The maximum Gasteiger partial charge on any atom is 0.312 e. The number of fused-ring (bicyclic) bond motifs is 1. The zero-order valence-corrected chi connectivity index (χ0v) is 14.4. The van der Waals surface area contributed by atoms with E-state index in [1.54, 1.807) is 23.1 Å². The molecule has 138 valence electrons. The fourth-order valence-electron chi connectivity index (χ4n) is 3.50. The Morgan fingerprint density at radius 2 is 2.08 bits per heavy atom. The number of ether oxygens (including phenoxy) is 1. The van der Waals surface area contributed by atoms with Crippen LogP contribution in [0.5, 0.6) is 0 Å². The molecule has 1 fully saturated rings. The van der Waals surface area contributed by atoms with Gasteiger partial charge in [-0.3, -0.25) is 14.4 Å². The molecule has 0 radical (unpaired) electrons. The van der Waals surface area contributed by atoms with Crippen molar-refractivity contribution in [2.24, 2.45) is 5.92 Å². The van der Waals surface area contributed by atoms with Gasteiger partial charge in [0.25, 0.3) is 5.91 Å². The molecule has 0 bridgehead atoms. The molecule has 2 amide bonds. The Kier molecular flexibility index (Phi) is 5.37. The number of amides is 2. The van der Waals surface area contributed by atoms with Gasteiger partial charge in [0.2, 0.25) is 5.91 Å². The van der Waals surface area contributed by atoms with Crippen molar-refractivity contribution in [3.05, 3.63) is 42.0 Å². The highest BCUT2D eigenvalue weighted by Gasteiger charge is 2.36. The van der Waals surface area contributed by atoms with E-state index in [1.807, 2.05) is 0 Å². The molecule has 3 rings (SSSR count).